The van der Waals surface area contributed by atoms with Crippen molar-refractivity contribution < 1.29 is 40.6 Å². The second-order valence-electron chi connectivity index (χ2n) is 6.68. The zero-order valence-corrected chi connectivity index (χ0v) is 16.3. The smallest absolute Gasteiger partial charge is 0.425 e. The lowest BCUT2D eigenvalue weighted by Crippen LogP contribution is -2.53. The maximum Gasteiger partial charge on any atom is 0.425 e. The zero-order chi connectivity index (χ0) is 24.3. The minimum Gasteiger partial charge on any atom is -0.480 e. The predicted molar refractivity (Wildman–Crippen MR) is 98.1 cm³/mol. The zero-order valence-electron chi connectivity index (χ0n) is 16.3. The van der Waals surface area contributed by atoms with Crippen molar-refractivity contribution in [2.45, 2.75) is 30.7 Å². The molecule has 2 rings (SSSR count). The van der Waals surface area contributed by atoms with Crippen LogP contribution in [0, 0.1) is 11.6 Å². The first-order valence-corrected chi connectivity index (χ1v) is 8.72. The van der Waals surface area contributed by atoms with E-state index in [1.54, 1.807) is 0 Å². The lowest BCUT2D eigenvalue weighted by atomic mass is 9.84. The van der Waals surface area contributed by atoms with Crippen LogP contribution in [0.2, 0.25) is 0 Å². The minimum atomic E-state index is -4.71. The highest BCUT2D eigenvalue weighted by molar-refractivity contribution is 5.53. The fraction of sp³-hybridized carbons (Fsp3) is 0.333. The number of nitrogens with zero attached hydrogens (tertiary/aromatic N) is 3. The molecule has 176 valence electrons. The van der Waals surface area contributed by atoms with Gasteiger partial charge in [-0.15, -0.1) is 0 Å². The second kappa shape index (κ2) is 9.16. The van der Waals surface area contributed by atoms with Crippen LogP contribution < -0.4 is 16.4 Å². The first-order chi connectivity index (χ1) is 14.7. The molecular weight excluding hydrogens is 451 g/mol. The van der Waals surface area contributed by atoms with Crippen LogP contribution >= 0.6 is 0 Å². The summed E-state index contributed by atoms with van der Waals surface area (Å²) in [4.78, 5) is 3.36. The molecule has 32 heavy (non-hydrogen) atoms. The van der Waals surface area contributed by atoms with Gasteiger partial charge in [0.05, 0.1) is 12.7 Å². The summed E-state index contributed by atoms with van der Waals surface area (Å²) >= 11 is 0. The molecule has 2 aromatic rings. The molecule has 2 atom stereocenters. The van der Waals surface area contributed by atoms with Crippen molar-refractivity contribution >= 4 is 6.34 Å². The first-order valence-electron chi connectivity index (χ1n) is 8.72. The summed E-state index contributed by atoms with van der Waals surface area (Å²) < 4.78 is 101. The number of aromatic nitrogens is 1. The third-order valence-corrected chi connectivity index (χ3v) is 4.35. The van der Waals surface area contributed by atoms with Gasteiger partial charge in [0, 0.05) is 11.6 Å². The van der Waals surface area contributed by atoms with Gasteiger partial charge in [-0.2, -0.15) is 27.1 Å². The van der Waals surface area contributed by atoms with Crippen LogP contribution in [0.5, 0.6) is 5.75 Å². The van der Waals surface area contributed by atoms with Crippen LogP contribution in [0.3, 0.4) is 0 Å². The van der Waals surface area contributed by atoms with Crippen LogP contribution in [-0.4, -0.2) is 40.3 Å². The largest absolute Gasteiger partial charge is 0.480 e. The number of hydrogen-bond acceptors (Lipinski definition) is 6. The summed E-state index contributed by atoms with van der Waals surface area (Å²) in [5.41, 5.74) is -5.62. The predicted octanol–water partition coefficient (Wildman–Crippen LogP) is 2.75. The van der Waals surface area contributed by atoms with Gasteiger partial charge < -0.3 is 15.7 Å². The molecule has 0 aliphatic heterocycles. The number of hydrogen-bond donors (Lipinski definition) is 3. The Morgan fingerprint density at radius 2 is 1.84 bits per heavy atom. The Morgan fingerprint density at radius 1 is 1.19 bits per heavy atom. The van der Waals surface area contributed by atoms with Crippen molar-refractivity contribution in [3.63, 3.8) is 0 Å². The molecule has 0 amide bonds. The van der Waals surface area contributed by atoms with Crippen LogP contribution in [0.1, 0.15) is 18.2 Å². The van der Waals surface area contributed by atoms with E-state index in [0.717, 1.165) is 6.07 Å². The van der Waals surface area contributed by atoms with E-state index < -0.39 is 59.0 Å². The standard InChI is InChI=1S/C18H18F7N5O2/c1-10(18(23,24)25)32-12-3-5-15(28-7-12)17(21,22)16(31,8-30(27)9-29-26)13-4-2-11(19)6-14(13)20/h2-7,9-10,31H,8,26-27H2,1H3/b29-9-. The molecule has 14 heteroatoms. The number of benzene rings is 1. The highest BCUT2D eigenvalue weighted by Gasteiger charge is 2.58. The Morgan fingerprint density at radius 3 is 2.34 bits per heavy atom. The van der Waals surface area contributed by atoms with Crippen LogP contribution in [0.15, 0.2) is 41.6 Å². The number of nitrogens with two attached hydrogens (primary N) is 2. The van der Waals surface area contributed by atoms with Crippen molar-refractivity contribution in [1.29, 1.82) is 0 Å². The number of rotatable bonds is 8. The van der Waals surface area contributed by atoms with Crippen LogP contribution in [0.25, 0.3) is 0 Å². The molecule has 1 aromatic heterocycles. The number of hydrazine groups is 1. The monoisotopic (exact) mass is 469 g/mol. The summed E-state index contributed by atoms with van der Waals surface area (Å²) in [7, 11) is 0. The van der Waals surface area contributed by atoms with Crippen molar-refractivity contribution in [2.75, 3.05) is 6.54 Å². The molecule has 0 spiro atoms. The van der Waals surface area contributed by atoms with Gasteiger partial charge in [0.15, 0.2) is 11.7 Å². The van der Waals surface area contributed by atoms with Crippen molar-refractivity contribution in [3.8, 4) is 5.75 Å². The molecule has 0 aliphatic rings. The van der Waals surface area contributed by atoms with E-state index in [2.05, 4.69) is 14.8 Å². The van der Waals surface area contributed by atoms with E-state index in [1.807, 2.05) is 0 Å². The highest BCUT2D eigenvalue weighted by atomic mass is 19.4. The summed E-state index contributed by atoms with van der Waals surface area (Å²) in [6.45, 7) is -0.484. The SMILES string of the molecule is CC(Oc1ccc(C(F)(F)C(O)(CN(N)/C=N\N)c2ccc(F)cc2F)nc1)C(F)(F)F. The molecule has 2 unspecified atom stereocenters. The van der Waals surface area contributed by atoms with E-state index >= 15 is 8.78 Å². The molecule has 0 saturated carbocycles. The van der Waals surface area contributed by atoms with Gasteiger partial charge in [-0.1, -0.05) is 0 Å². The topological polar surface area (TPSA) is 110 Å². The molecule has 0 saturated heterocycles. The van der Waals surface area contributed by atoms with E-state index in [4.69, 9.17) is 11.7 Å². The quantitative estimate of drug-likeness (QED) is 0.180. The third-order valence-electron chi connectivity index (χ3n) is 4.35. The molecular formula is C18H18F7N5O2. The average Bonchev–Trinajstić information content (AvgIpc) is 2.67. The molecule has 1 aromatic carbocycles. The van der Waals surface area contributed by atoms with E-state index in [9.17, 15) is 27.1 Å². The van der Waals surface area contributed by atoms with E-state index in [-0.39, 0.29) is 6.07 Å². The fourth-order valence-electron chi connectivity index (χ4n) is 2.69. The van der Waals surface area contributed by atoms with Crippen LogP contribution in [0.4, 0.5) is 30.7 Å². The van der Waals surface area contributed by atoms with Gasteiger partial charge in [-0.25, -0.2) is 14.6 Å². The van der Waals surface area contributed by atoms with E-state index in [1.165, 1.54) is 0 Å². The number of aliphatic hydroxyl groups is 1. The minimum absolute atomic E-state index is 0.275. The lowest BCUT2D eigenvalue weighted by Gasteiger charge is -2.37. The number of hydrazone groups is 1. The fourth-order valence-corrected chi connectivity index (χ4v) is 2.69. The van der Waals surface area contributed by atoms with Gasteiger partial charge in [0.1, 0.15) is 29.4 Å². The number of alkyl halides is 5. The molecule has 5 N–H and O–H groups in total. The summed E-state index contributed by atoms with van der Waals surface area (Å²) in [5.74, 6) is 2.86. The summed E-state index contributed by atoms with van der Waals surface area (Å²) in [5, 5.41) is 14.3. The Hall–Kier alpha value is -3.13. The highest BCUT2D eigenvalue weighted by Crippen LogP contribution is 2.46. The number of pyridine rings is 1. The molecule has 1 heterocycles. The first kappa shape index (κ1) is 25.1. The maximum atomic E-state index is 15.4. The Kier molecular flexibility index (Phi) is 7.19. The lowest BCUT2D eigenvalue weighted by molar-refractivity contribution is -0.204. The third kappa shape index (κ3) is 5.19. The van der Waals surface area contributed by atoms with Gasteiger partial charge in [0.25, 0.3) is 0 Å². The maximum absolute atomic E-state index is 15.4. The van der Waals surface area contributed by atoms with Crippen molar-refractivity contribution in [1.82, 2.24) is 9.99 Å². The van der Waals surface area contributed by atoms with Crippen LogP contribution in [-0.2, 0) is 11.5 Å². The molecule has 7 nitrogen and oxygen atoms in total. The number of halogens is 7. The number of ether oxygens (including phenoxy) is 1. The molecule has 0 bridgehead atoms. The summed E-state index contributed by atoms with van der Waals surface area (Å²) in [6, 6.07) is 2.86. The van der Waals surface area contributed by atoms with Crippen molar-refractivity contribution in [3.05, 3.63) is 59.4 Å². The Balaban J connectivity index is 2.50. The molecule has 0 fully saturated rings. The normalized spacial score (nSPS) is 15.4. The average molecular weight is 469 g/mol. The van der Waals surface area contributed by atoms with Crippen molar-refractivity contribution in [2.24, 2.45) is 16.8 Å². The second-order valence-corrected chi connectivity index (χ2v) is 6.68. The van der Waals surface area contributed by atoms with Gasteiger partial charge in [-0.3, -0.25) is 9.99 Å². The molecule has 0 aliphatic carbocycles. The van der Waals surface area contributed by atoms with Gasteiger partial charge in [-0.05, 0) is 31.2 Å². The Bertz CT molecular complexity index is 956. The van der Waals surface area contributed by atoms with Gasteiger partial charge >= 0.3 is 12.1 Å². The summed E-state index contributed by atoms with van der Waals surface area (Å²) in [6.07, 6.45) is -5.72. The Labute approximate surface area is 177 Å². The van der Waals surface area contributed by atoms with Gasteiger partial charge in [0.2, 0.25) is 0 Å². The van der Waals surface area contributed by atoms with E-state index in [0.29, 0.717) is 42.7 Å². The molecule has 0 radical (unpaired) electrons.